The van der Waals surface area contributed by atoms with E-state index in [1.807, 2.05) is 42.5 Å². The Balaban J connectivity index is 1.52. The topological polar surface area (TPSA) is 47.4 Å². The molecule has 1 amide bonds. The average molecular weight is 311 g/mol. The summed E-state index contributed by atoms with van der Waals surface area (Å²) in [6.07, 6.45) is 6.73. The second kappa shape index (κ2) is 5.72. The lowest BCUT2D eigenvalue weighted by Crippen LogP contribution is -2.40. The first kappa shape index (κ1) is 14.3. The van der Waals surface area contributed by atoms with Crippen molar-refractivity contribution in [3.63, 3.8) is 0 Å². The summed E-state index contributed by atoms with van der Waals surface area (Å²) in [5, 5.41) is 4.25. The molecule has 0 aliphatic carbocycles. The number of aryl methyl sites for hydroxylation is 1. The van der Waals surface area contributed by atoms with Crippen LogP contribution in [0.25, 0.3) is 0 Å². The number of hydrogen-bond acceptors (Lipinski definition) is 3. The van der Waals surface area contributed by atoms with E-state index in [0.717, 1.165) is 42.7 Å². The molecule has 2 aliphatic heterocycles. The molecule has 0 spiro atoms. The van der Waals surface area contributed by atoms with Crippen LogP contribution in [0.15, 0.2) is 36.7 Å². The maximum atomic E-state index is 13.0. The van der Waals surface area contributed by atoms with Crippen LogP contribution in [-0.2, 0) is 18.3 Å². The predicted octanol–water partition coefficient (Wildman–Crippen LogP) is 2.33. The molecule has 2 unspecified atom stereocenters. The monoisotopic (exact) mass is 311 g/mol. The van der Waals surface area contributed by atoms with Crippen molar-refractivity contribution < 1.29 is 9.53 Å². The van der Waals surface area contributed by atoms with Crippen LogP contribution < -0.4 is 4.74 Å². The lowest BCUT2D eigenvalue weighted by atomic mass is 9.95. The minimum atomic E-state index is -0.0813. The number of likely N-dealkylation sites (tertiary alicyclic amines) is 1. The van der Waals surface area contributed by atoms with E-state index in [2.05, 4.69) is 11.2 Å². The Bertz CT molecular complexity index is 725. The summed E-state index contributed by atoms with van der Waals surface area (Å²) in [6.45, 7) is 1.31. The third-order valence-electron chi connectivity index (χ3n) is 4.87. The van der Waals surface area contributed by atoms with Crippen LogP contribution in [0.1, 0.15) is 30.0 Å². The number of carbonyl (C=O) groups is 1. The van der Waals surface area contributed by atoms with Gasteiger partial charge < -0.3 is 9.64 Å². The number of rotatable bonds is 2. The zero-order valence-corrected chi connectivity index (χ0v) is 13.3. The molecule has 5 nitrogen and oxygen atoms in total. The van der Waals surface area contributed by atoms with Gasteiger partial charge in [0.25, 0.3) is 0 Å². The van der Waals surface area contributed by atoms with Gasteiger partial charge in [0.2, 0.25) is 5.91 Å². The van der Waals surface area contributed by atoms with Crippen molar-refractivity contribution in [1.82, 2.24) is 14.7 Å². The normalized spacial score (nSPS) is 23.4. The van der Waals surface area contributed by atoms with E-state index in [-0.39, 0.29) is 17.9 Å². The molecular weight excluding hydrogens is 290 g/mol. The first-order valence-electron chi connectivity index (χ1n) is 8.22. The molecule has 23 heavy (non-hydrogen) atoms. The van der Waals surface area contributed by atoms with Crippen LogP contribution in [-0.4, -0.2) is 33.7 Å². The summed E-state index contributed by atoms with van der Waals surface area (Å²) in [5.74, 6) is 1.05. The first-order valence-corrected chi connectivity index (χ1v) is 8.22. The molecule has 0 N–H and O–H groups in total. The number of hydrogen-bond donors (Lipinski definition) is 0. The summed E-state index contributed by atoms with van der Waals surface area (Å²) in [6, 6.07) is 8.17. The molecule has 0 saturated carbocycles. The van der Waals surface area contributed by atoms with Crippen LogP contribution in [0.3, 0.4) is 0 Å². The molecule has 4 rings (SSSR count). The molecule has 0 bridgehead atoms. The molecule has 2 aliphatic rings. The highest BCUT2D eigenvalue weighted by Gasteiger charge is 2.36. The van der Waals surface area contributed by atoms with E-state index < -0.39 is 0 Å². The van der Waals surface area contributed by atoms with E-state index >= 15 is 0 Å². The Labute approximate surface area is 135 Å². The predicted molar refractivity (Wildman–Crippen MR) is 86.0 cm³/mol. The minimum absolute atomic E-state index is 0.0813. The Morgan fingerprint density at radius 3 is 3.04 bits per heavy atom. The average Bonchev–Trinajstić information content (AvgIpc) is 3.22. The van der Waals surface area contributed by atoms with Gasteiger partial charge in [-0.1, -0.05) is 18.2 Å². The fraction of sp³-hybridized carbons (Fsp3) is 0.444. The summed E-state index contributed by atoms with van der Waals surface area (Å²) < 4.78 is 7.60. The molecule has 1 saturated heterocycles. The number of fused-ring (bicyclic) bond motifs is 1. The smallest absolute Gasteiger partial charge is 0.229 e. The Morgan fingerprint density at radius 1 is 1.35 bits per heavy atom. The van der Waals surface area contributed by atoms with Crippen molar-refractivity contribution in [3.8, 4) is 5.75 Å². The number of nitrogens with zero attached hydrogens (tertiary/aromatic N) is 3. The van der Waals surface area contributed by atoms with Gasteiger partial charge in [-0.25, -0.2) is 0 Å². The molecule has 2 atom stereocenters. The second-order valence-electron chi connectivity index (χ2n) is 6.46. The number of ether oxygens (including phenoxy) is 1. The van der Waals surface area contributed by atoms with Crippen LogP contribution in [0.2, 0.25) is 0 Å². The van der Waals surface area contributed by atoms with E-state index in [1.165, 1.54) is 0 Å². The van der Waals surface area contributed by atoms with Crippen molar-refractivity contribution in [3.05, 3.63) is 47.8 Å². The van der Waals surface area contributed by atoms with Gasteiger partial charge in [0.05, 0.1) is 18.2 Å². The molecule has 1 aromatic carbocycles. The van der Waals surface area contributed by atoms with Crippen molar-refractivity contribution >= 4 is 5.91 Å². The summed E-state index contributed by atoms with van der Waals surface area (Å²) in [5.41, 5.74) is 2.27. The third-order valence-corrected chi connectivity index (χ3v) is 4.87. The number of para-hydroxylation sites is 1. The van der Waals surface area contributed by atoms with Crippen molar-refractivity contribution in [2.75, 3.05) is 13.2 Å². The van der Waals surface area contributed by atoms with Crippen LogP contribution in [0.5, 0.6) is 5.75 Å². The van der Waals surface area contributed by atoms with Crippen molar-refractivity contribution in [2.45, 2.75) is 25.3 Å². The SMILES string of the molecule is Cn1cc(C2CCCN2C(=O)C2COc3ccccc3C2)cn1. The molecule has 120 valence electrons. The van der Waals surface area contributed by atoms with E-state index in [4.69, 9.17) is 4.74 Å². The number of aromatic nitrogens is 2. The minimum Gasteiger partial charge on any atom is -0.492 e. The lowest BCUT2D eigenvalue weighted by Gasteiger charge is -2.31. The fourth-order valence-electron chi connectivity index (χ4n) is 3.71. The van der Waals surface area contributed by atoms with Gasteiger partial charge in [-0.2, -0.15) is 5.10 Å². The molecule has 2 aromatic rings. The largest absolute Gasteiger partial charge is 0.492 e. The molecule has 0 radical (unpaired) electrons. The fourth-order valence-corrected chi connectivity index (χ4v) is 3.71. The highest BCUT2D eigenvalue weighted by atomic mass is 16.5. The van der Waals surface area contributed by atoms with E-state index in [1.54, 1.807) is 4.68 Å². The van der Waals surface area contributed by atoms with Crippen LogP contribution in [0, 0.1) is 5.92 Å². The van der Waals surface area contributed by atoms with Gasteiger partial charge in [-0.15, -0.1) is 0 Å². The van der Waals surface area contributed by atoms with E-state index in [9.17, 15) is 4.79 Å². The summed E-state index contributed by atoms with van der Waals surface area (Å²) >= 11 is 0. The lowest BCUT2D eigenvalue weighted by molar-refractivity contribution is -0.137. The highest BCUT2D eigenvalue weighted by molar-refractivity contribution is 5.80. The zero-order chi connectivity index (χ0) is 15.8. The third kappa shape index (κ3) is 2.60. The zero-order valence-electron chi connectivity index (χ0n) is 13.3. The van der Waals surface area contributed by atoms with Crippen molar-refractivity contribution in [1.29, 1.82) is 0 Å². The summed E-state index contributed by atoms with van der Waals surface area (Å²) in [4.78, 5) is 15.0. The quantitative estimate of drug-likeness (QED) is 0.855. The Morgan fingerprint density at radius 2 is 2.22 bits per heavy atom. The maximum absolute atomic E-state index is 13.0. The Hall–Kier alpha value is -2.30. The standard InChI is InChI=1S/C18H21N3O2/c1-20-11-15(10-19-20)16-6-4-8-21(16)18(22)14-9-13-5-2-3-7-17(13)23-12-14/h2-3,5,7,10-11,14,16H,4,6,8-9,12H2,1H3. The first-order chi connectivity index (χ1) is 11.2. The van der Waals surface area contributed by atoms with Gasteiger partial charge in [0.15, 0.2) is 0 Å². The van der Waals surface area contributed by atoms with Gasteiger partial charge in [-0.3, -0.25) is 9.48 Å². The van der Waals surface area contributed by atoms with Crippen LogP contribution in [0.4, 0.5) is 0 Å². The van der Waals surface area contributed by atoms with E-state index in [0.29, 0.717) is 6.61 Å². The van der Waals surface area contributed by atoms with Gasteiger partial charge in [-0.05, 0) is 30.9 Å². The molecule has 1 aromatic heterocycles. The second-order valence-corrected chi connectivity index (χ2v) is 6.46. The van der Waals surface area contributed by atoms with Crippen molar-refractivity contribution in [2.24, 2.45) is 13.0 Å². The molecular formula is C18H21N3O2. The van der Waals surface area contributed by atoms with Crippen LogP contribution >= 0.6 is 0 Å². The molecule has 3 heterocycles. The maximum Gasteiger partial charge on any atom is 0.229 e. The number of carbonyl (C=O) groups excluding carboxylic acids is 1. The van der Waals surface area contributed by atoms with Gasteiger partial charge in [0.1, 0.15) is 12.4 Å². The number of benzene rings is 1. The highest BCUT2D eigenvalue weighted by Crippen LogP contribution is 2.35. The molecule has 1 fully saturated rings. The van der Waals surface area contributed by atoms with Gasteiger partial charge in [0, 0.05) is 25.4 Å². The molecule has 5 heteroatoms. The number of amides is 1. The Kier molecular flexibility index (Phi) is 3.56. The summed E-state index contributed by atoms with van der Waals surface area (Å²) in [7, 11) is 1.91. The van der Waals surface area contributed by atoms with Gasteiger partial charge >= 0.3 is 0 Å².